The molecule has 1 fully saturated rings. The van der Waals surface area contributed by atoms with Gasteiger partial charge in [-0.1, -0.05) is 12.0 Å². The van der Waals surface area contributed by atoms with E-state index >= 15 is 0 Å². The van der Waals surface area contributed by atoms with Gasteiger partial charge in [0.1, 0.15) is 0 Å². The van der Waals surface area contributed by atoms with Crippen LogP contribution in [0.15, 0.2) is 11.1 Å². The lowest BCUT2D eigenvalue weighted by Crippen LogP contribution is -2.08. The molecule has 0 aromatic rings. The molecule has 0 bridgehead atoms. The summed E-state index contributed by atoms with van der Waals surface area (Å²) in [7, 11) is 0. The zero-order chi connectivity index (χ0) is 9.68. The Morgan fingerprint density at radius 2 is 1.92 bits per heavy atom. The molecule has 2 nitrogen and oxygen atoms in total. The topological polar surface area (TPSA) is 40.5 Å². The van der Waals surface area contributed by atoms with Crippen molar-refractivity contribution in [2.45, 2.75) is 51.6 Å². The van der Waals surface area contributed by atoms with E-state index in [9.17, 15) is 5.11 Å². The van der Waals surface area contributed by atoms with Crippen molar-refractivity contribution in [2.24, 2.45) is 0 Å². The van der Waals surface area contributed by atoms with Gasteiger partial charge in [0.2, 0.25) is 0 Å². The molecule has 0 radical (unpaired) electrons. The van der Waals surface area contributed by atoms with Crippen LogP contribution in [0, 0.1) is 0 Å². The van der Waals surface area contributed by atoms with Crippen molar-refractivity contribution < 1.29 is 10.2 Å². The van der Waals surface area contributed by atoms with Gasteiger partial charge in [-0.15, -0.1) is 0 Å². The van der Waals surface area contributed by atoms with Gasteiger partial charge in [0.15, 0.2) is 0 Å². The monoisotopic (exact) mass is 184 g/mol. The lowest BCUT2D eigenvalue weighted by Gasteiger charge is -2.19. The van der Waals surface area contributed by atoms with Crippen LogP contribution in [0.3, 0.4) is 0 Å². The molecule has 0 aliphatic heterocycles. The van der Waals surface area contributed by atoms with E-state index in [2.05, 4.69) is 0 Å². The maximum atomic E-state index is 9.24. The number of hydrogen-bond donors (Lipinski definition) is 2. The van der Waals surface area contributed by atoms with Crippen molar-refractivity contribution in [3.63, 3.8) is 0 Å². The fourth-order valence-corrected chi connectivity index (χ4v) is 2.01. The molecule has 13 heavy (non-hydrogen) atoms. The highest BCUT2D eigenvalue weighted by Crippen LogP contribution is 2.27. The summed E-state index contributed by atoms with van der Waals surface area (Å²) in [6.45, 7) is 1.90. The summed E-state index contributed by atoms with van der Waals surface area (Å²) in [5, 5.41) is 18.4. The van der Waals surface area contributed by atoms with Gasteiger partial charge < -0.3 is 10.2 Å². The molecule has 76 valence electrons. The number of aliphatic hydroxyl groups excluding tert-OH is 2. The average Bonchev–Trinajstić information content (AvgIpc) is 2.15. The largest absolute Gasteiger partial charge is 0.393 e. The Kier molecular flexibility index (Phi) is 4.46. The fraction of sp³-hybridized carbons (Fsp3) is 0.818. The zero-order valence-corrected chi connectivity index (χ0v) is 8.42. The normalized spacial score (nSPS) is 20.1. The van der Waals surface area contributed by atoms with Gasteiger partial charge >= 0.3 is 0 Å². The number of hydrogen-bond acceptors (Lipinski definition) is 2. The Morgan fingerprint density at radius 3 is 2.38 bits per heavy atom. The molecule has 1 aliphatic rings. The zero-order valence-electron chi connectivity index (χ0n) is 8.42. The van der Waals surface area contributed by atoms with E-state index in [1.54, 1.807) is 6.92 Å². The molecule has 1 rings (SSSR count). The van der Waals surface area contributed by atoms with Crippen LogP contribution in [0.25, 0.3) is 0 Å². The molecule has 0 amide bonds. The van der Waals surface area contributed by atoms with Crippen LogP contribution < -0.4 is 0 Å². The van der Waals surface area contributed by atoms with Crippen molar-refractivity contribution in [2.75, 3.05) is 6.61 Å². The molecule has 0 aromatic heterocycles. The fourth-order valence-electron chi connectivity index (χ4n) is 2.01. The molecule has 0 saturated heterocycles. The van der Waals surface area contributed by atoms with Crippen molar-refractivity contribution in [1.82, 2.24) is 0 Å². The van der Waals surface area contributed by atoms with Crippen molar-refractivity contribution in [1.29, 1.82) is 0 Å². The van der Waals surface area contributed by atoms with Crippen LogP contribution in [0.4, 0.5) is 0 Å². The van der Waals surface area contributed by atoms with Crippen LogP contribution in [-0.2, 0) is 0 Å². The van der Waals surface area contributed by atoms with Gasteiger partial charge in [-0.25, -0.2) is 0 Å². The lowest BCUT2D eigenvalue weighted by molar-refractivity contribution is 0.187. The van der Waals surface area contributed by atoms with E-state index in [0.717, 1.165) is 18.4 Å². The highest BCUT2D eigenvalue weighted by Gasteiger charge is 2.11. The molecule has 0 spiro atoms. The van der Waals surface area contributed by atoms with Gasteiger partial charge in [-0.3, -0.25) is 0 Å². The van der Waals surface area contributed by atoms with E-state index < -0.39 is 0 Å². The average molecular weight is 184 g/mol. The van der Waals surface area contributed by atoms with Crippen LogP contribution in [0.1, 0.15) is 45.4 Å². The minimum absolute atomic E-state index is 0.125. The van der Waals surface area contributed by atoms with Gasteiger partial charge in [0.05, 0.1) is 12.7 Å². The van der Waals surface area contributed by atoms with Crippen LogP contribution >= 0.6 is 0 Å². The predicted molar refractivity (Wildman–Crippen MR) is 53.5 cm³/mol. The molecule has 1 unspecified atom stereocenters. The quantitative estimate of drug-likeness (QED) is 0.659. The van der Waals surface area contributed by atoms with E-state index in [4.69, 9.17) is 5.11 Å². The maximum Gasteiger partial charge on any atom is 0.0645 e. The van der Waals surface area contributed by atoms with E-state index in [0.29, 0.717) is 6.42 Å². The minimum Gasteiger partial charge on any atom is -0.393 e. The molecule has 2 N–H and O–H groups in total. The summed E-state index contributed by atoms with van der Waals surface area (Å²) < 4.78 is 0. The van der Waals surface area contributed by atoms with E-state index in [1.165, 1.54) is 24.8 Å². The van der Waals surface area contributed by atoms with Crippen molar-refractivity contribution in [3.8, 4) is 0 Å². The highest BCUT2D eigenvalue weighted by atomic mass is 16.3. The van der Waals surface area contributed by atoms with Crippen LogP contribution in [-0.4, -0.2) is 22.9 Å². The number of aliphatic hydroxyl groups is 2. The molecule has 2 heteroatoms. The molecule has 1 atom stereocenters. The minimum atomic E-state index is -0.323. The second kappa shape index (κ2) is 5.40. The van der Waals surface area contributed by atoms with Gasteiger partial charge in [-0.2, -0.15) is 0 Å². The Morgan fingerprint density at radius 1 is 1.31 bits per heavy atom. The summed E-state index contributed by atoms with van der Waals surface area (Å²) >= 11 is 0. The predicted octanol–water partition coefficient (Wildman–Crippen LogP) is 2.01. The van der Waals surface area contributed by atoms with Crippen molar-refractivity contribution in [3.05, 3.63) is 11.1 Å². The first-order valence-electron chi connectivity index (χ1n) is 5.22. The summed E-state index contributed by atoms with van der Waals surface area (Å²) in [6, 6.07) is 0. The van der Waals surface area contributed by atoms with Gasteiger partial charge in [0, 0.05) is 0 Å². The third-order valence-corrected chi connectivity index (χ3v) is 2.69. The van der Waals surface area contributed by atoms with Crippen LogP contribution in [0.2, 0.25) is 0 Å². The summed E-state index contributed by atoms with van der Waals surface area (Å²) in [5.74, 6) is 0. The van der Waals surface area contributed by atoms with Gasteiger partial charge in [-0.05, 0) is 44.6 Å². The molecule has 1 saturated carbocycles. The summed E-state index contributed by atoms with van der Waals surface area (Å²) in [5.41, 5.74) is 2.48. The number of rotatable bonds is 3. The lowest BCUT2D eigenvalue weighted by atomic mass is 9.89. The Labute approximate surface area is 80.3 Å². The first-order valence-corrected chi connectivity index (χ1v) is 5.22. The maximum absolute atomic E-state index is 9.24. The first kappa shape index (κ1) is 10.7. The Bertz CT molecular complexity index is 175. The summed E-state index contributed by atoms with van der Waals surface area (Å²) in [4.78, 5) is 0. The smallest absolute Gasteiger partial charge is 0.0645 e. The number of allylic oxidation sites excluding steroid dienone is 1. The third-order valence-electron chi connectivity index (χ3n) is 2.69. The van der Waals surface area contributed by atoms with Gasteiger partial charge in [0.25, 0.3) is 0 Å². The molecule has 1 aliphatic carbocycles. The second-order valence-electron chi connectivity index (χ2n) is 3.98. The van der Waals surface area contributed by atoms with E-state index in [1.807, 2.05) is 0 Å². The summed E-state index contributed by atoms with van der Waals surface area (Å²) in [6.07, 6.45) is 6.39. The molecular weight excluding hydrogens is 164 g/mol. The second-order valence-corrected chi connectivity index (χ2v) is 3.98. The van der Waals surface area contributed by atoms with Crippen LogP contribution in [0.5, 0.6) is 0 Å². The SMILES string of the molecule is CC(O)CC(CO)=C1CCCCC1. The molecule has 0 aromatic carbocycles. The highest BCUT2D eigenvalue weighted by molar-refractivity contribution is 5.16. The standard InChI is InChI=1S/C11H20O2/c1-9(13)7-11(8-12)10-5-3-2-4-6-10/h9,12-13H,2-8H2,1H3. The molecular formula is C11H20O2. The van der Waals surface area contributed by atoms with E-state index in [-0.39, 0.29) is 12.7 Å². The van der Waals surface area contributed by atoms with Crippen molar-refractivity contribution >= 4 is 0 Å². The first-order chi connectivity index (χ1) is 6.24. The third kappa shape index (κ3) is 3.49. The Hall–Kier alpha value is -0.340. The Balaban J connectivity index is 2.59. The molecule has 0 heterocycles.